The number of anilines is 2. The summed E-state index contributed by atoms with van der Waals surface area (Å²) in [6.07, 6.45) is 4.64. The summed E-state index contributed by atoms with van der Waals surface area (Å²) in [5.41, 5.74) is 8.20. The van der Waals surface area contributed by atoms with Crippen LogP contribution in [-0.4, -0.2) is 26.2 Å². The number of benzene rings is 1. The molecule has 0 spiro atoms. The van der Waals surface area contributed by atoms with E-state index < -0.39 is 9.84 Å². The van der Waals surface area contributed by atoms with Crippen LogP contribution in [0, 0.1) is 0 Å². The van der Waals surface area contributed by atoms with Crippen LogP contribution in [0.1, 0.15) is 12.5 Å². The molecule has 0 amide bonds. The molecule has 0 saturated carbocycles. The lowest BCUT2D eigenvalue weighted by Gasteiger charge is -2.25. The lowest BCUT2D eigenvalue weighted by molar-refractivity contribution is 0.602. The van der Waals surface area contributed by atoms with Gasteiger partial charge in [-0.25, -0.2) is 8.42 Å². The van der Waals surface area contributed by atoms with E-state index in [0.29, 0.717) is 12.2 Å². The standard InChI is InChI=1S/C15H19N3O2S/c1-3-18(11-12-7-9-17-10-8-12)13-5-4-6-14(15(13)16)21(2,19)20/h4-10H,3,11,16H2,1-2H3. The summed E-state index contributed by atoms with van der Waals surface area (Å²) in [4.78, 5) is 6.21. The van der Waals surface area contributed by atoms with Gasteiger partial charge in [0.2, 0.25) is 0 Å². The van der Waals surface area contributed by atoms with Gasteiger partial charge in [0, 0.05) is 31.7 Å². The van der Waals surface area contributed by atoms with Crippen molar-refractivity contribution in [2.45, 2.75) is 18.4 Å². The van der Waals surface area contributed by atoms with Crippen LogP contribution >= 0.6 is 0 Å². The third kappa shape index (κ3) is 3.52. The largest absolute Gasteiger partial charge is 0.396 e. The van der Waals surface area contributed by atoms with Gasteiger partial charge in [-0.2, -0.15) is 0 Å². The van der Waals surface area contributed by atoms with E-state index in [-0.39, 0.29) is 4.90 Å². The van der Waals surface area contributed by atoms with Gasteiger partial charge in [0.05, 0.1) is 16.3 Å². The SMILES string of the molecule is CCN(Cc1ccncc1)c1cccc(S(C)(=O)=O)c1N. The molecule has 21 heavy (non-hydrogen) atoms. The number of nitrogen functional groups attached to an aromatic ring is 1. The van der Waals surface area contributed by atoms with E-state index >= 15 is 0 Å². The second-order valence-electron chi connectivity index (χ2n) is 4.83. The van der Waals surface area contributed by atoms with Crippen molar-refractivity contribution >= 4 is 21.2 Å². The second kappa shape index (κ2) is 6.13. The van der Waals surface area contributed by atoms with Crippen molar-refractivity contribution in [3.63, 3.8) is 0 Å². The molecular formula is C15H19N3O2S. The molecule has 0 aliphatic carbocycles. The summed E-state index contributed by atoms with van der Waals surface area (Å²) < 4.78 is 23.5. The molecule has 6 heteroatoms. The van der Waals surface area contributed by atoms with Crippen molar-refractivity contribution in [1.82, 2.24) is 4.98 Å². The topological polar surface area (TPSA) is 76.3 Å². The summed E-state index contributed by atoms with van der Waals surface area (Å²) in [6.45, 7) is 3.38. The van der Waals surface area contributed by atoms with Gasteiger partial charge in [0.25, 0.3) is 0 Å². The van der Waals surface area contributed by atoms with E-state index in [1.165, 1.54) is 12.3 Å². The molecule has 112 valence electrons. The van der Waals surface area contributed by atoms with E-state index in [4.69, 9.17) is 5.73 Å². The number of nitrogens with two attached hydrogens (primary N) is 1. The number of pyridine rings is 1. The molecule has 1 heterocycles. The third-order valence-corrected chi connectivity index (χ3v) is 4.44. The molecule has 0 bridgehead atoms. The molecule has 0 fully saturated rings. The molecule has 0 aliphatic heterocycles. The first kappa shape index (κ1) is 15.3. The minimum absolute atomic E-state index is 0.174. The number of hydrogen-bond donors (Lipinski definition) is 1. The van der Waals surface area contributed by atoms with Gasteiger partial charge in [-0.05, 0) is 36.8 Å². The fraction of sp³-hybridized carbons (Fsp3) is 0.267. The normalized spacial score (nSPS) is 11.3. The Morgan fingerprint density at radius 3 is 2.43 bits per heavy atom. The monoisotopic (exact) mass is 305 g/mol. The van der Waals surface area contributed by atoms with Crippen LogP contribution < -0.4 is 10.6 Å². The van der Waals surface area contributed by atoms with E-state index in [0.717, 1.165) is 17.8 Å². The Morgan fingerprint density at radius 2 is 1.86 bits per heavy atom. The maximum Gasteiger partial charge on any atom is 0.177 e. The van der Waals surface area contributed by atoms with Crippen LogP contribution in [0.2, 0.25) is 0 Å². The molecule has 2 N–H and O–H groups in total. The molecule has 5 nitrogen and oxygen atoms in total. The number of sulfone groups is 1. The van der Waals surface area contributed by atoms with Crippen molar-refractivity contribution < 1.29 is 8.42 Å². The molecule has 0 unspecified atom stereocenters. The molecule has 0 aliphatic rings. The van der Waals surface area contributed by atoms with Crippen molar-refractivity contribution in [3.05, 3.63) is 48.3 Å². The van der Waals surface area contributed by atoms with Gasteiger partial charge in [0.15, 0.2) is 9.84 Å². The highest BCUT2D eigenvalue weighted by Gasteiger charge is 2.17. The Kier molecular flexibility index (Phi) is 4.47. The van der Waals surface area contributed by atoms with Gasteiger partial charge in [-0.1, -0.05) is 6.07 Å². The van der Waals surface area contributed by atoms with Gasteiger partial charge >= 0.3 is 0 Å². The van der Waals surface area contributed by atoms with E-state index in [2.05, 4.69) is 4.98 Å². The van der Waals surface area contributed by atoms with Crippen LogP contribution in [0.15, 0.2) is 47.6 Å². The number of para-hydroxylation sites is 1. The summed E-state index contributed by atoms with van der Waals surface area (Å²) in [7, 11) is -3.33. The van der Waals surface area contributed by atoms with Crippen LogP contribution in [-0.2, 0) is 16.4 Å². The van der Waals surface area contributed by atoms with Crippen molar-refractivity contribution in [3.8, 4) is 0 Å². The number of rotatable bonds is 5. The zero-order chi connectivity index (χ0) is 15.5. The van der Waals surface area contributed by atoms with Crippen molar-refractivity contribution in [2.24, 2.45) is 0 Å². The molecule has 0 saturated heterocycles. The lowest BCUT2D eigenvalue weighted by atomic mass is 10.2. The van der Waals surface area contributed by atoms with Crippen LogP contribution in [0.3, 0.4) is 0 Å². The Hall–Kier alpha value is -2.08. The molecule has 2 rings (SSSR count). The lowest BCUT2D eigenvalue weighted by Crippen LogP contribution is -2.23. The highest BCUT2D eigenvalue weighted by Crippen LogP contribution is 2.30. The maximum absolute atomic E-state index is 11.8. The van der Waals surface area contributed by atoms with E-state index in [1.807, 2.05) is 30.0 Å². The van der Waals surface area contributed by atoms with Gasteiger partial charge in [0.1, 0.15) is 0 Å². The third-order valence-electron chi connectivity index (χ3n) is 3.29. The Bertz CT molecular complexity index is 715. The fourth-order valence-electron chi connectivity index (χ4n) is 2.21. The van der Waals surface area contributed by atoms with Gasteiger partial charge < -0.3 is 10.6 Å². The highest BCUT2D eigenvalue weighted by atomic mass is 32.2. The number of aromatic nitrogens is 1. The van der Waals surface area contributed by atoms with Crippen LogP contribution in [0.4, 0.5) is 11.4 Å². The average Bonchev–Trinajstić information content (AvgIpc) is 2.45. The maximum atomic E-state index is 11.8. The first-order chi connectivity index (χ1) is 9.93. The predicted molar refractivity (Wildman–Crippen MR) is 84.9 cm³/mol. The van der Waals surface area contributed by atoms with E-state index in [1.54, 1.807) is 18.5 Å². The second-order valence-corrected chi connectivity index (χ2v) is 6.81. The average molecular weight is 305 g/mol. The molecule has 0 radical (unpaired) electrons. The van der Waals surface area contributed by atoms with Crippen LogP contribution in [0.25, 0.3) is 0 Å². The molecule has 1 aromatic carbocycles. The van der Waals surface area contributed by atoms with Crippen molar-refractivity contribution in [2.75, 3.05) is 23.4 Å². The Balaban J connectivity index is 2.39. The summed E-state index contributed by atoms with van der Waals surface area (Å²) >= 11 is 0. The molecular weight excluding hydrogens is 286 g/mol. The predicted octanol–water partition coefficient (Wildman–Crippen LogP) is 2.09. The Labute approximate surface area is 125 Å². The fourth-order valence-corrected chi connectivity index (χ4v) is 3.04. The number of hydrogen-bond acceptors (Lipinski definition) is 5. The zero-order valence-corrected chi connectivity index (χ0v) is 13.0. The summed E-state index contributed by atoms with van der Waals surface area (Å²) in [6, 6.07) is 8.96. The summed E-state index contributed by atoms with van der Waals surface area (Å²) in [5, 5.41) is 0. The Morgan fingerprint density at radius 1 is 1.19 bits per heavy atom. The molecule has 0 atom stereocenters. The first-order valence-electron chi connectivity index (χ1n) is 6.66. The molecule has 2 aromatic rings. The molecule has 1 aromatic heterocycles. The van der Waals surface area contributed by atoms with Crippen LogP contribution in [0.5, 0.6) is 0 Å². The minimum Gasteiger partial charge on any atom is -0.396 e. The quantitative estimate of drug-likeness (QED) is 0.856. The minimum atomic E-state index is -3.33. The van der Waals surface area contributed by atoms with E-state index in [9.17, 15) is 8.42 Å². The number of nitrogens with zero attached hydrogens (tertiary/aromatic N) is 2. The smallest absolute Gasteiger partial charge is 0.177 e. The van der Waals surface area contributed by atoms with Gasteiger partial charge in [-0.3, -0.25) is 4.98 Å². The highest BCUT2D eigenvalue weighted by molar-refractivity contribution is 7.90. The van der Waals surface area contributed by atoms with Gasteiger partial charge in [-0.15, -0.1) is 0 Å². The zero-order valence-electron chi connectivity index (χ0n) is 12.2. The summed E-state index contributed by atoms with van der Waals surface area (Å²) in [5.74, 6) is 0. The van der Waals surface area contributed by atoms with Crippen molar-refractivity contribution in [1.29, 1.82) is 0 Å². The first-order valence-corrected chi connectivity index (χ1v) is 8.55.